The van der Waals surface area contributed by atoms with Crippen molar-refractivity contribution in [3.8, 4) is 0 Å². The molecule has 1 fully saturated rings. The Balaban J connectivity index is 2.55. The van der Waals surface area contributed by atoms with Gasteiger partial charge in [0.25, 0.3) is 0 Å². The van der Waals surface area contributed by atoms with Crippen LogP contribution in [0.1, 0.15) is 39.5 Å². The van der Waals surface area contributed by atoms with Crippen LogP contribution in [-0.2, 0) is 4.74 Å². The highest BCUT2D eigenvalue weighted by atomic mass is 19.3. The highest BCUT2D eigenvalue weighted by Crippen LogP contribution is 2.45. The third kappa shape index (κ3) is 3.62. The fraction of sp³-hybridized carbons (Fsp3) is 0.733. The Morgan fingerprint density at radius 3 is 2.20 bits per heavy atom. The number of halogens is 4. The van der Waals surface area contributed by atoms with Gasteiger partial charge in [-0.3, -0.25) is 0 Å². The Bertz CT molecular complexity index is 368. The predicted octanol–water partition coefficient (Wildman–Crippen LogP) is 4.98. The zero-order valence-corrected chi connectivity index (χ0v) is 12.0. The second-order valence-corrected chi connectivity index (χ2v) is 5.66. The van der Waals surface area contributed by atoms with Gasteiger partial charge in [-0.2, -0.15) is 17.6 Å². The Morgan fingerprint density at radius 2 is 1.75 bits per heavy atom. The number of alkyl halides is 4. The highest BCUT2D eigenvalue weighted by Gasteiger charge is 2.58. The van der Waals surface area contributed by atoms with E-state index in [1.165, 1.54) is 0 Å². The molecule has 1 saturated heterocycles. The quantitative estimate of drug-likeness (QED) is 0.495. The molecule has 20 heavy (non-hydrogen) atoms. The van der Waals surface area contributed by atoms with E-state index in [9.17, 15) is 17.6 Å². The van der Waals surface area contributed by atoms with Crippen molar-refractivity contribution >= 4 is 0 Å². The van der Waals surface area contributed by atoms with E-state index in [0.717, 1.165) is 19.8 Å². The van der Waals surface area contributed by atoms with Gasteiger partial charge >= 0.3 is 11.8 Å². The number of hydrogen-bond acceptors (Lipinski definition) is 1. The number of allylic oxidation sites excluding steroid dienone is 2. The summed E-state index contributed by atoms with van der Waals surface area (Å²) in [7, 11) is 0. The lowest BCUT2D eigenvalue weighted by molar-refractivity contribution is -0.162. The van der Waals surface area contributed by atoms with Crippen molar-refractivity contribution in [2.45, 2.75) is 57.5 Å². The van der Waals surface area contributed by atoms with Gasteiger partial charge in [0.05, 0.1) is 6.10 Å². The Kier molecular flexibility index (Phi) is 5.41. The maximum absolute atomic E-state index is 13.7. The minimum atomic E-state index is -4.25. The summed E-state index contributed by atoms with van der Waals surface area (Å²) < 4.78 is 59.8. The zero-order valence-electron chi connectivity index (χ0n) is 12.0. The molecule has 1 rings (SSSR count). The van der Waals surface area contributed by atoms with E-state index in [1.54, 1.807) is 0 Å². The van der Waals surface area contributed by atoms with Crippen LogP contribution in [0.5, 0.6) is 0 Å². The summed E-state index contributed by atoms with van der Waals surface area (Å²) in [5, 5.41) is 0. The van der Waals surface area contributed by atoms with Gasteiger partial charge < -0.3 is 4.74 Å². The lowest BCUT2D eigenvalue weighted by Gasteiger charge is -2.30. The minimum Gasteiger partial charge on any atom is -0.378 e. The van der Waals surface area contributed by atoms with Crippen molar-refractivity contribution in [1.82, 2.24) is 0 Å². The molecule has 0 radical (unpaired) electrons. The fourth-order valence-corrected chi connectivity index (χ4v) is 2.19. The average Bonchev–Trinajstić information content (AvgIpc) is 2.37. The van der Waals surface area contributed by atoms with Crippen LogP contribution in [0.25, 0.3) is 0 Å². The molecule has 1 aliphatic rings. The van der Waals surface area contributed by atoms with E-state index < -0.39 is 23.0 Å². The molecule has 0 saturated carbocycles. The van der Waals surface area contributed by atoms with Gasteiger partial charge in [0, 0.05) is 6.61 Å². The molecule has 0 aromatic heterocycles. The van der Waals surface area contributed by atoms with E-state index >= 15 is 0 Å². The van der Waals surface area contributed by atoms with E-state index in [-0.39, 0.29) is 18.4 Å². The van der Waals surface area contributed by atoms with Crippen LogP contribution in [0, 0.1) is 5.92 Å². The summed E-state index contributed by atoms with van der Waals surface area (Å²) in [4.78, 5) is 0. The van der Waals surface area contributed by atoms with Crippen molar-refractivity contribution in [2.24, 2.45) is 5.92 Å². The SMILES string of the molecule is C=C(C)C(F)(F)C(F)(F)C(=C)CCC1CCC(C)OC1. The summed E-state index contributed by atoms with van der Waals surface area (Å²) in [6, 6.07) is 0. The van der Waals surface area contributed by atoms with Gasteiger partial charge in [0.15, 0.2) is 0 Å². The van der Waals surface area contributed by atoms with Gasteiger partial charge in [-0.15, -0.1) is 0 Å². The Hall–Kier alpha value is -0.840. The van der Waals surface area contributed by atoms with E-state index in [0.29, 0.717) is 13.0 Å². The molecule has 1 heterocycles. The summed E-state index contributed by atoms with van der Waals surface area (Å²) in [5.74, 6) is -8.36. The number of ether oxygens (including phenoxy) is 1. The normalized spacial score (nSPS) is 24.5. The minimum absolute atomic E-state index is 0.127. The monoisotopic (exact) mass is 294 g/mol. The van der Waals surface area contributed by atoms with Crippen LogP contribution >= 0.6 is 0 Å². The lowest BCUT2D eigenvalue weighted by Crippen LogP contribution is -2.42. The van der Waals surface area contributed by atoms with Crippen molar-refractivity contribution in [3.63, 3.8) is 0 Å². The third-order valence-electron chi connectivity index (χ3n) is 3.83. The van der Waals surface area contributed by atoms with Crippen LogP contribution in [0.4, 0.5) is 17.6 Å². The van der Waals surface area contributed by atoms with Crippen molar-refractivity contribution in [3.05, 3.63) is 24.3 Å². The van der Waals surface area contributed by atoms with Gasteiger partial charge in [-0.25, -0.2) is 0 Å². The predicted molar refractivity (Wildman–Crippen MR) is 71.2 cm³/mol. The molecule has 1 aliphatic heterocycles. The molecular formula is C15H22F4O. The van der Waals surface area contributed by atoms with Crippen LogP contribution in [0.2, 0.25) is 0 Å². The molecule has 0 bridgehead atoms. The average molecular weight is 294 g/mol. The van der Waals surface area contributed by atoms with E-state index in [2.05, 4.69) is 13.2 Å². The fourth-order valence-electron chi connectivity index (χ4n) is 2.19. The van der Waals surface area contributed by atoms with E-state index in [4.69, 9.17) is 4.74 Å². The van der Waals surface area contributed by atoms with Crippen molar-refractivity contribution in [2.75, 3.05) is 6.61 Å². The molecule has 1 nitrogen and oxygen atoms in total. The second kappa shape index (κ2) is 6.29. The molecular weight excluding hydrogens is 272 g/mol. The smallest absolute Gasteiger partial charge is 0.335 e. The largest absolute Gasteiger partial charge is 0.378 e. The summed E-state index contributed by atoms with van der Waals surface area (Å²) in [6.07, 6.45) is 2.20. The van der Waals surface area contributed by atoms with Gasteiger partial charge in [0.2, 0.25) is 0 Å². The first-order valence-electron chi connectivity index (χ1n) is 6.80. The summed E-state index contributed by atoms with van der Waals surface area (Å²) in [5.41, 5.74) is -1.58. The first kappa shape index (κ1) is 17.2. The highest BCUT2D eigenvalue weighted by molar-refractivity contribution is 5.22. The summed E-state index contributed by atoms with van der Waals surface area (Å²) >= 11 is 0. The second-order valence-electron chi connectivity index (χ2n) is 5.66. The van der Waals surface area contributed by atoms with Gasteiger partial charge in [-0.1, -0.05) is 13.2 Å². The maximum atomic E-state index is 13.7. The van der Waals surface area contributed by atoms with Crippen LogP contribution < -0.4 is 0 Å². The number of hydrogen-bond donors (Lipinski definition) is 0. The van der Waals surface area contributed by atoms with Gasteiger partial charge in [-0.05, 0) is 56.6 Å². The molecule has 0 aromatic carbocycles. The summed E-state index contributed by atoms with van der Waals surface area (Å²) in [6.45, 7) is 9.46. The van der Waals surface area contributed by atoms with Crippen LogP contribution in [-0.4, -0.2) is 24.6 Å². The first-order chi connectivity index (χ1) is 9.09. The van der Waals surface area contributed by atoms with E-state index in [1.807, 2.05) is 6.92 Å². The first-order valence-corrected chi connectivity index (χ1v) is 6.80. The van der Waals surface area contributed by atoms with Crippen molar-refractivity contribution < 1.29 is 22.3 Å². The maximum Gasteiger partial charge on any atom is 0.335 e. The van der Waals surface area contributed by atoms with Crippen LogP contribution in [0.3, 0.4) is 0 Å². The standard InChI is InChI=1S/C15H22F4O/c1-10(2)14(16,17)15(18,19)11(3)5-7-13-8-6-12(4)20-9-13/h12-13H,1,3,5-9H2,2,4H3. The van der Waals surface area contributed by atoms with Gasteiger partial charge in [0.1, 0.15) is 0 Å². The van der Waals surface area contributed by atoms with Crippen LogP contribution in [0.15, 0.2) is 24.3 Å². The Morgan fingerprint density at radius 1 is 1.15 bits per heavy atom. The molecule has 0 spiro atoms. The molecule has 2 unspecified atom stereocenters. The molecule has 0 amide bonds. The molecule has 0 aliphatic carbocycles. The molecule has 2 atom stereocenters. The van der Waals surface area contributed by atoms with Crippen molar-refractivity contribution in [1.29, 1.82) is 0 Å². The Labute approximate surface area is 117 Å². The molecule has 116 valence electrons. The zero-order chi connectivity index (χ0) is 15.6. The topological polar surface area (TPSA) is 9.23 Å². The molecule has 5 heteroatoms. The molecule has 0 aromatic rings. The molecule has 0 N–H and O–H groups in total. The third-order valence-corrected chi connectivity index (χ3v) is 3.83. The lowest BCUT2D eigenvalue weighted by atomic mass is 9.89. The number of rotatable bonds is 6.